The van der Waals surface area contributed by atoms with Crippen LogP contribution >= 0.6 is 38.5 Å². The minimum Gasteiger partial charge on any atom is -0.326 e. The van der Waals surface area contributed by atoms with E-state index < -0.39 is 11.7 Å². The highest BCUT2D eigenvalue weighted by atomic mass is 127. The summed E-state index contributed by atoms with van der Waals surface area (Å²) in [7, 11) is 0. The van der Waals surface area contributed by atoms with Crippen LogP contribution in [0.1, 0.15) is 11.1 Å². The van der Waals surface area contributed by atoms with Crippen LogP contribution in [0.15, 0.2) is 16.6 Å². The summed E-state index contributed by atoms with van der Waals surface area (Å²) in [5, 5.41) is 0. The molecule has 0 aliphatic carbocycles. The van der Waals surface area contributed by atoms with Crippen molar-refractivity contribution in [1.29, 1.82) is 0 Å². The van der Waals surface area contributed by atoms with E-state index in [1.807, 2.05) is 22.6 Å². The maximum absolute atomic E-state index is 12.4. The number of benzene rings is 1. The standard InChI is InChI=1S/C8H6BrF3IN/c9-6-2-5(8(10,11)12)1-4(3-14)7(6)13/h1-2H,3,14H2. The zero-order valence-electron chi connectivity index (χ0n) is 6.83. The largest absolute Gasteiger partial charge is 0.416 e. The van der Waals surface area contributed by atoms with E-state index in [1.54, 1.807) is 0 Å². The molecule has 2 N–H and O–H groups in total. The van der Waals surface area contributed by atoms with Crippen molar-refractivity contribution in [2.45, 2.75) is 12.7 Å². The molecule has 0 spiro atoms. The van der Waals surface area contributed by atoms with Crippen LogP contribution in [-0.2, 0) is 12.7 Å². The van der Waals surface area contributed by atoms with Crippen molar-refractivity contribution in [3.63, 3.8) is 0 Å². The molecule has 0 bridgehead atoms. The Balaban J connectivity index is 3.30. The first-order chi connectivity index (χ1) is 6.36. The van der Waals surface area contributed by atoms with E-state index in [2.05, 4.69) is 15.9 Å². The maximum atomic E-state index is 12.4. The second kappa shape index (κ2) is 4.36. The molecule has 0 atom stereocenters. The lowest BCUT2D eigenvalue weighted by atomic mass is 10.1. The Morgan fingerprint density at radius 3 is 2.36 bits per heavy atom. The molecule has 78 valence electrons. The highest BCUT2D eigenvalue weighted by Gasteiger charge is 2.31. The summed E-state index contributed by atoms with van der Waals surface area (Å²) < 4.78 is 38.2. The summed E-state index contributed by atoms with van der Waals surface area (Å²) in [5.41, 5.74) is 5.16. The van der Waals surface area contributed by atoms with Gasteiger partial charge in [-0.3, -0.25) is 0 Å². The van der Waals surface area contributed by atoms with Crippen LogP contribution in [0.25, 0.3) is 0 Å². The fourth-order valence-corrected chi connectivity index (χ4v) is 1.99. The van der Waals surface area contributed by atoms with Crippen molar-refractivity contribution in [1.82, 2.24) is 0 Å². The number of alkyl halides is 3. The molecule has 0 aliphatic heterocycles. The fourth-order valence-electron chi connectivity index (χ4n) is 0.958. The molecule has 0 saturated heterocycles. The first-order valence-corrected chi connectivity index (χ1v) is 5.48. The molecule has 0 saturated carbocycles. The van der Waals surface area contributed by atoms with Gasteiger partial charge in [0, 0.05) is 14.6 Å². The zero-order chi connectivity index (χ0) is 10.9. The van der Waals surface area contributed by atoms with Crippen molar-refractivity contribution in [2.24, 2.45) is 5.73 Å². The lowest BCUT2D eigenvalue weighted by Crippen LogP contribution is -2.08. The normalized spacial score (nSPS) is 11.9. The average Bonchev–Trinajstić information content (AvgIpc) is 2.07. The summed E-state index contributed by atoms with van der Waals surface area (Å²) in [5.74, 6) is 0. The van der Waals surface area contributed by atoms with Gasteiger partial charge in [-0.25, -0.2) is 0 Å². The predicted molar refractivity (Wildman–Crippen MR) is 59.8 cm³/mol. The number of hydrogen-bond donors (Lipinski definition) is 1. The summed E-state index contributed by atoms with van der Waals surface area (Å²) in [6.07, 6.45) is -4.32. The molecule has 0 unspecified atom stereocenters. The molecule has 1 aromatic carbocycles. The summed E-state index contributed by atoms with van der Waals surface area (Å²) in [6, 6.07) is 2.13. The number of rotatable bonds is 1. The van der Waals surface area contributed by atoms with Crippen LogP contribution in [0, 0.1) is 3.57 Å². The highest BCUT2D eigenvalue weighted by Crippen LogP contribution is 2.34. The molecule has 1 rings (SSSR count). The van der Waals surface area contributed by atoms with E-state index in [0.717, 1.165) is 15.7 Å². The van der Waals surface area contributed by atoms with Gasteiger partial charge in [-0.05, 0) is 56.2 Å². The van der Waals surface area contributed by atoms with Crippen LogP contribution < -0.4 is 5.73 Å². The van der Waals surface area contributed by atoms with Crippen LogP contribution in [0.4, 0.5) is 13.2 Å². The van der Waals surface area contributed by atoms with Crippen molar-refractivity contribution < 1.29 is 13.2 Å². The molecule has 0 aromatic heterocycles. The third-order valence-electron chi connectivity index (χ3n) is 1.65. The minimum absolute atomic E-state index is 0.0980. The Kier molecular flexibility index (Phi) is 3.81. The Labute approximate surface area is 101 Å². The van der Waals surface area contributed by atoms with Crippen molar-refractivity contribution in [3.8, 4) is 0 Å². The smallest absolute Gasteiger partial charge is 0.326 e. The van der Waals surface area contributed by atoms with E-state index in [0.29, 0.717) is 10.0 Å². The molecule has 0 amide bonds. The molecule has 1 aromatic rings. The molecule has 0 fully saturated rings. The van der Waals surface area contributed by atoms with Gasteiger partial charge in [0.25, 0.3) is 0 Å². The Hall–Kier alpha value is 0.180. The lowest BCUT2D eigenvalue weighted by molar-refractivity contribution is -0.137. The molecular formula is C8H6BrF3IN. The number of halogens is 5. The molecule has 0 radical (unpaired) electrons. The molecule has 0 heterocycles. The Morgan fingerprint density at radius 1 is 1.36 bits per heavy atom. The maximum Gasteiger partial charge on any atom is 0.416 e. The third kappa shape index (κ3) is 2.60. The van der Waals surface area contributed by atoms with Crippen LogP contribution in [-0.4, -0.2) is 0 Å². The second-order valence-corrected chi connectivity index (χ2v) is 4.57. The summed E-state index contributed by atoms with van der Waals surface area (Å²) >= 11 is 5.02. The number of hydrogen-bond acceptors (Lipinski definition) is 1. The van der Waals surface area contributed by atoms with Crippen molar-refractivity contribution in [3.05, 3.63) is 31.3 Å². The fraction of sp³-hybridized carbons (Fsp3) is 0.250. The quantitative estimate of drug-likeness (QED) is 0.742. The van der Waals surface area contributed by atoms with Gasteiger partial charge in [0.05, 0.1) is 5.56 Å². The average molecular weight is 380 g/mol. The van der Waals surface area contributed by atoms with E-state index in [9.17, 15) is 13.2 Å². The topological polar surface area (TPSA) is 26.0 Å². The molecule has 6 heteroatoms. The minimum atomic E-state index is -4.32. The van der Waals surface area contributed by atoms with Gasteiger partial charge in [-0.1, -0.05) is 0 Å². The lowest BCUT2D eigenvalue weighted by Gasteiger charge is -2.11. The van der Waals surface area contributed by atoms with Gasteiger partial charge in [0.15, 0.2) is 0 Å². The van der Waals surface area contributed by atoms with Gasteiger partial charge >= 0.3 is 6.18 Å². The zero-order valence-corrected chi connectivity index (χ0v) is 10.6. The Bertz CT molecular complexity index is 351. The molecule has 0 aliphatic rings. The predicted octanol–water partition coefficient (Wildman–Crippen LogP) is 3.53. The first-order valence-electron chi connectivity index (χ1n) is 3.61. The molecule has 14 heavy (non-hydrogen) atoms. The highest BCUT2D eigenvalue weighted by molar-refractivity contribution is 14.1. The van der Waals surface area contributed by atoms with Crippen molar-refractivity contribution >= 4 is 38.5 Å². The van der Waals surface area contributed by atoms with Crippen LogP contribution in [0.5, 0.6) is 0 Å². The number of nitrogens with two attached hydrogens (primary N) is 1. The van der Waals surface area contributed by atoms with Crippen molar-refractivity contribution in [2.75, 3.05) is 0 Å². The molecular weight excluding hydrogens is 374 g/mol. The van der Waals surface area contributed by atoms with E-state index >= 15 is 0 Å². The van der Waals surface area contributed by atoms with Crippen LogP contribution in [0.3, 0.4) is 0 Å². The van der Waals surface area contributed by atoms with E-state index in [4.69, 9.17) is 5.73 Å². The van der Waals surface area contributed by atoms with E-state index in [-0.39, 0.29) is 6.54 Å². The van der Waals surface area contributed by atoms with Crippen LogP contribution in [0.2, 0.25) is 0 Å². The van der Waals surface area contributed by atoms with E-state index in [1.165, 1.54) is 0 Å². The van der Waals surface area contributed by atoms with Gasteiger partial charge in [0.1, 0.15) is 0 Å². The molecule has 1 nitrogen and oxygen atoms in total. The van der Waals surface area contributed by atoms with Gasteiger partial charge < -0.3 is 5.73 Å². The summed E-state index contributed by atoms with van der Waals surface area (Å²) in [6.45, 7) is 0.0980. The van der Waals surface area contributed by atoms with Gasteiger partial charge in [0.2, 0.25) is 0 Å². The second-order valence-electron chi connectivity index (χ2n) is 2.63. The third-order valence-corrected chi connectivity index (χ3v) is 4.29. The summed E-state index contributed by atoms with van der Waals surface area (Å²) in [4.78, 5) is 0. The first kappa shape index (κ1) is 12.3. The Morgan fingerprint density at radius 2 is 1.93 bits per heavy atom. The monoisotopic (exact) mass is 379 g/mol. The van der Waals surface area contributed by atoms with Gasteiger partial charge in [-0.2, -0.15) is 13.2 Å². The SMILES string of the molecule is NCc1cc(C(F)(F)F)cc(Br)c1I. The van der Waals surface area contributed by atoms with Gasteiger partial charge in [-0.15, -0.1) is 0 Å².